The summed E-state index contributed by atoms with van der Waals surface area (Å²) in [4.78, 5) is 2.33. The van der Waals surface area contributed by atoms with Gasteiger partial charge in [-0.2, -0.15) is 0 Å². The van der Waals surface area contributed by atoms with E-state index in [1.807, 2.05) is 0 Å². The molecule has 2 unspecified atom stereocenters. The van der Waals surface area contributed by atoms with Gasteiger partial charge in [0.1, 0.15) is 0 Å². The highest BCUT2D eigenvalue weighted by molar-refractivity contribution is 7.91. The van der Waals surface area contributed by atoms with Gasteiger partial charge < -0.3 is 10.2 Å². The van der Waals surface area contributed by atoms with E-state index in [1.165, 1.54) is 0 Å². The third-order valence-corrected chi connectivity index (χ3v) is 5.81. The molecule has 18 heavy (non-hydrogen) atoms. The summed E-state index contributed by atoms with van der Waals surface area (Å²) < 4.78 is 22.7. The molecular weight excluding hydrogens is 248 g/mol. The van der Waals surface area contributed by atoms with Crippen molar-refractivity contribution in [3.63, 3.8) is 0 Å². The highest BCUT2D eigenvalue weighted by atomic mass is 32.2. The van der Waals surface area contributed by atoms with Gasteiger partial charge in [0.15, 0.2) is 9.84 Å². The van der Waals surface area contributed by atoms with Crippen LogP contribution >= 0.6 is 0 Å². The number of sulfone groups is 1. The molecule has 0 aliphatic carbocycles. The Labute approximate surface area is 112 Å². The highest BCUT2D eigenvalue weighted by Gasteiger charge is 2.28. The zero-order valence-electron chi connectivity index (χ0n) is 12.4. The lowest BCUT2D eigenvalue weighted by molar-refractivity contribution is 0.141. The largest absolute Gasteiger partial charge is 0.312 e. The molecule has 1 N–H and O–H groups in total. The third kappa shape index (κ3) is 4.86. The van der Waals surface area contributed by atoms with E-state index < -0.39 is 9.84 Å². The first-order valence-electron chi connectivity index (χ1n) is 6.76. The Hall–Kier alpha value is -0.130. The molecule has 4 nitrogen and oxygen atoms in total. The van der Waals surface area contributed by atoms with Crippen molar-refractivity contribution < 1.29 is 8.42 Å². The van der Waals surface area contributed by atoms with Crippen LogP contribution in [-0.2, 0) is 9.84 Å². The van der Waals surface area contributed by atoms with E-state index in [4.69, 9.17) is 0 Å². The summed E-state index contributed by atoms with van der Waals surface area (Å²) in [5.41, 5.74) is 0.269. The van der Waals surface area contributed by atoms with Gasteiger partial charge in [-0.15, -0.1) is 0 Å². The maximum Gasteiger partial charge on any atom is 0.151 e. The molecule has 0 bridgehead atoms. The summed E-state index contributed by atoms with van der Waals surface area (Å²) in [6.07, 6.45) is 0.765. The van der Waals surface area contributed by atoms with Crippen LogP contribution in [0.1, 0.15) is 34.1 Å². The second-order valence-electron chi connectivity index (χ2n) is 6.58. The van der Waals surface area contributed by atoms with Crippen molar-refractivity contribution >= 4 is 9.84 Å². The third-order valence-electron chi connectivity index (χ3n) is 4.04. The van der Waals surface area contributed by atoms with Crippen LogP contribution in [0.4, 0.5) is 0 Å². The second kappa shape index (κ2) is 5.88. The van der Waals surface area contributed by atoms with E-state index in [-0.39, 0.29) is 11.5 Å². The van der Waals surface area contributed by atoms with Gasteiger partial charge in [-0.25, -0.2) is 8.42 Å². The normalized spacial score (nSPS) is 25.6. The zero-order chi connectivity index (χ0) is 14.0. The van der Waals surface area contributed by atoms with Crippen molar-refractivity contribution in [1.29, 1.82) is 0 Å². The molecule has 1 aliphatic heterocycles. The summed E-state index contributed by atoms with van der Waals surface area (Å²) in [6, 6.07) is 0.667. The van der Waals surface area contributed by atoms with Crippen molar-refractivity contribution in [2.24, 2.45) is 5.41 Å². The van der Waals surface area contributed by atoms with Gasteiger partial charge in [0.2, 0.25) is 0 Å². The molecule has 0 amide bonds. The lowest BCUT2D eigenvalue weighted by Crippen LogP contribution is -2.44. The number of rotatable bonds is 5. The summed E-state index contributed by atoms with van der Waals surface area (Å²) in [6.45, 7) is 10.8. The van der Waals surface area contributed by atoms with Crippen LogP contribution in [0.15, 0.2) is 0 Å². The molecule has 0 aromatic heterocycles. The quantitative estimate of drug-likeness (QED) is 0.818. The molecule has 1 aliphatic rings. The van der Waals surface area contributed by atoms with E-state index in [2.05, 4.69) is 45.0 Å². The predicted molar refractivity (Wildman–Crippen MR) is 76.6 cm³/mol. The Bertz CT molecular complexity index is 360. The van der Waals surface area contributed by atoms with Crippen LogP contribution in [0.2, 0.25) is 0 Å². The van der Waals surface area contributed by atoms with Crippen molar-refractivity contribution in [2.75, 3.05) is 31.6 Å². The molecule has 1 rings (SSSR count). The van der Waals surface area contributed by atoms with E-state index in [9.17, 15) is 8.42 Å². The van der Waals surface area contributed by atoms with Gasteiger partial charge in [-0.05, 0) is 25.8 Å². The lowest BCUT2D eigenvalue weighted by atomic mass is 9.87. The van der Waals surface area contributed by atoms with E-state index in [1.54, 1.807) is 0 Å². The summed E-state index contributed by atoms with van der Waals surface area (Å²) in [7, 11) is -0.634. The number of nitrogens with one attached hydrogen (secondary N) is 1. The average molecular weight is 276 g/mol. The van der Waals surface area contributed by atoms with Crippen molar-refractivity contribution in [1.82, 2.24) is 10.2 Å². The van der Waals surface area contributed by atoms with Crippen molar-refractivity contribution in [3.8, 4) is 0 Å². The van der Waals surface area contributed by atoms with Crippen molar-refractivity contribution in [3.05, 3.63) is 0 Å². The molecule has 0 spiro atoms. The number of nitrogens with zero attached hydrogens (tertiary/aromatic N) is 1. The molecule has 5 heteroatoms. The van der Waals surface area contributed by atoms with Crippen LogP contribution in [0, 0.1) is 5.41 Å². The first kappa shape index (κ1) is 15.9. The first-order chi connectivity index (χ1) is 8.12. The molecule has 1 fully saturated rings. The first-order valence-corrected chi connectivity index (χ1v) is 8.58. The van der Waals surface area contributed by atoms with Crippen LogP contribution in [0.3, 0.4) is 0 Å². The van der Waals surface area contributed by atoms with Gasteiger partial charge in [-0.1, -0.05) is 20.8 Å². The van der Waals surface area contributed by atoms with E-state index in [0.717, 1.165) is 19.5 Å². The maximum atomic E-state index is 11.3. The fraction of sp³-hybridized carbons (Fsp3) is 1.00. The lowest BCUT2D eigenvalue weighted by Gasteiger charge is -2.35. The summed E-state index contributed by atoms with van der Waals surface area (Å²) in [5.74, 6) is 0.657. The minimum atomic E-state index is -2.76. The standard InChI is InChI=1S/C13H28N2O2S/c1-11(13(2,3)4)15(5)8-7-14-12-6-9-18(16,17)10-12/h11-12,14H,6-10H2,1-5H3. The Morgan fingerprint density at radius 3 is 2.44 bits per heavy atom. The molecule has 1 saturated heterocycles. The van der Waals surface area contributed by atoms with Gasteiger partial charge in [-0.3, -0.25) is 0 Å². The van der Waals surface area contributed by atoms with Gasteiger partial charge in [0, 0.05) is 25.2 Å². The SMILES string of the molecule is CC(N(C)CCNC1CCS(=O)(=O)C1)C(C)(C)C. The molecule has 0 saturated carbocycles. The number of likely N-dealkylation sites (N-methyl/N-ethyl adjacent to an activating group) is 1. The summed E-state index contributed by atoms with van der Waals surface area (Å²) in [5, 5.41) is 3.35. The Morgan fingerprint density at radius 2 is 2.00 bits per heavy atom. The molecule has 1 heterocycles. The van der Waals surface area contributed by atoms with E-state index >= 15 is 0 Å². The Balaban J connectivity index is 2.26. The minimum absolute atomic E-state index is 0.161. The highest BCUT2D eigenvalue weighted by Crippen LogP contribution is 2.22. The van der Waals surface area contributed by atoms with Crippen LogP contribution in [-0.4, -0.2) is 57.0 Å². The van der Waals surface area contributed by atoms with Crippen LogP contribution in [0.5, 0.6) is 0 Å². The Kier molecular flexibility index (Phi) is 5.21. The summed E-state index contributed by atoms with van der Waals surface area (Å²) >= 11 is 0. The molecule has 0 aromatic carbocycles. The Morgan fingerprint density at radius 1 is 1.39 bits per heavy atom. The molecule has 108 valence electrons. The molecule has 2 atom stereocenters. The van der Waals surface area contributed by atoms with Gasteiger partial charge in [0.25, 0.3) is 0 Å². The fourth-order valence-electron chi connectivity index (χ4n) is 2.26. The number of hydrogen-bond donors (Lipinski definition) is 1. The monoisotopic (exact) mass is 276 g/mol. The second-order valence-corrected chi connectivity index (χ2v) is 8.81. The minimum Gasteiger partial charge on any atom is -0.312 e. The van der Waals surface area contributed by atoms with Crippen molar-refractivity contribution in [2.45, 2.75) is 46.2 Å². The zero-order valence-corrected chi connectivity index (χ0v) is 13.2. The van der Waals surface area contributed by atoms with Gasteiger partial charge in [0.05, 0.1) is 11.5 Å². The van der Waals surface area contributed by atoms with Crippen LogP contribution in [0.25, 0.3) is 0 Å². The van der Waals surface area contributed by atoms with Crippen LogP contribution < -0.4 is 5.32 Å². The molecule has 0 aromatic rings. The fourth-order valence-corrected chi connectivity index (χ4v) is 3.96. The number of hydrogen-bond acceptors (Lipinski definition) is 4. The van der Waals surface area contributed by atoms with E-state index in [0.29, 0.717) is 17.5 Å². The van der Waals surface area contributed by atoms with Gasteiger partial charge >= 0.3 is 0 Å². The topological polar surface area (TPSA) is 49.4 Å². The average Bonchev–Trinajstić information content (AvgIpc) is 2.55. The maximum absolute atomic E-state index is 11.3. The molecule has 0 radical (unpaired) electrons. The smallest absolute Gasteiger partial charge is 0.151 e. The molecular formula is C13H28N2O2S. The predicted octanol–water partition coefficient (Wildman–Crippen LogP) is 1.13.